The highest BCUT2D eigenvalue weighted by atomic mass is 16.5. The number of benzene rings is 1. The van der Waals surface area contributed by atoms with E-state index in [0.29, 0.717) is 0 Å². The quantitative estimate of drug-likeness (QED) is 0.0691. The SMILES string of the molecule is CCCCCCCCCCCCOc1[c]ccc(OCCCCCCCCCCCC)c1OCCCCCCCCCCCC. The van der Waals surface area contributed by atoms with Gasteiger partial charge in [0.2, 0.25) is 5.75 Å². The third kappa shape index (κ3) is 26.4. The van der Waals surface area contributed by atoms with Crippen LogP contribution in [0.25, 0.3) is 0 Å². The second kappa shape index (κ2) is 34.0. The number of rotatable bonds is 36. The summed E-state index contributed by atoms with van der Waals surface area (Å²) in [5, 5.41) is 0. The van der Waals surface area contributed by atoms with Crippen LogP contribution in [0, 0.1) is 6.07 Å². The maximum atomic E-state index is 6.36. The van der Waals surface area contributed by atoms with Gasteiger partial charge in [-0.05, 0) is 31.4 Å². The summed E-state index contributed by atoms with van der Waals surface area (Å²) in [5.41, 5.74) is 0. The van der Waals surface area contributed by atoms with Crippen LogP contribution < -0.4 is 14.2 Å². The molecule has 0 saturated carbocycles. The molecule has 0 saturated heterocycles. The molecule has 3 heteroatoms. The molecular weight excluding hydrogens is 552 g/mol. The second-order valence-electron chi connectivity index (χ2n) is 13.6. The molecule has 0 unspecified atom stereocenters. The van der Waals surface area contributed by atoms with Gasteiger partial charge in [0.05, 0.1) is 19.8 Å². The number of ether oxygens (including phenoxy) is 3. The minimum Gasteiger partial charge on any atom is -0.490 e. The molecule has 45 heavy (non-hydrogen) atoms. The lowest BCUT2D eigenvalue weighted by Crippen LogP contribution is -2.06. The fraction of sp³-hybridized carbons (Fsp3) is 0.857. The van der Waals surface area contributed by atoms with Crippen LogP contribution in [-0.4, -0.2) is 19.8 Å². The van der Waals surface area contributed by atoms with Crippen molar-refractivity contribution in [3.8, 4) is 17.2 Å². The summed E-state index contributed by atoms with van der Waals surface area (Å²) in [4.78, 5) is 0. The van der Waals surface area contributed by atoms with Crippen LogP contribution >= 0.6 is 0 Å². The van der Waals surface area contributed by atoms with E-state index in [9.17, 15) is 0 Å². The Balaban J connectivity index is 2.39. The van der Waals surface area contributed by atoms with Crippen molar-refractivity contribution in [1.29, 1.82) is 0 Å². The molecule has 0 aromatic heterocycles. The van der Waals surface area contributed by atoms with E-state index >= 15 is 0 Å². The Morgan fingerprint density at radius 1 is 0.378 bits per heavy atom. The van der Waals surface area contributed by atoms with Crippen LogP contribution in [0.2, 0.25) is 0 Å². The van der Waals surface area contributed by atoms with E-state index in [1.165, 1.54) is 173 Å². The fourth-order valence-corrected chi connectivity index (χ4v) is 6.10. The maximum Gasteiger partial charge on any atom is 0.204 e. The molecule has 0 heterocycles. The summed E-state index contributed by atoms with van der Waals surface area (Å²) in [7, 11) is 0. The third-order valence-electron chi connectivity index (χ3n) is 9.12. The van der Waals surface area contributed by atoms with Gasteiger partial charge in [0, 0.05) is 6.07 Å². The first-order valence-electron chi connectivity index (χ1n) is 20.3. The molecular formula is C42H77O3. The van der Waals surface area contributed by atoms with E-state index in [1.807, 2.05) is 12.1 Å². The van der Waals surface area contributed by atoms with Crippen molar-refractivity contribution in [2.45, 2.75) is 213 Å². The Morgan fingerprint density at radius 2 is 0.689 bits per heavy atom. The molecule has 263 valence electrons. The van der Waals surface area contributed by atoms with Gasteiger partial charge in [-0.3, -0.25) is 0 Å². The molecule has 1 radical (unpaired) electrons. The highest BCUT2D eigenvalue weighted by Crippen LogP contribution is 2.37. The van der Waals surface area contributed by atoms with Crippen molar-refractivity contribution in [2.75, 3.05) is 19.8 Å². The van der Waals surface area contributed by atoms with Gasteiger partial charge in [-0.15, -0.1) is 0 Å². The average Bonchev–Trinajstić information content (AvgIpc) is 3.05. The standard InChI is InChI=1S/C42H77O3/c1-4-7-10-13-16-19-22-25-28-31-37-43-40-35-34-36-41(44-38-32-29-26-23-20-17-14-11-8-5-2)42(40)45-39-33-30-27-24-21-18-15-12-9-6-3/h34-35H,4-33,37-39H2,1-3H3. The molecule has 1 aromatic carbocycles. The first kappa shape index (κ1) is 41.6. The van der Waals surface area contributed by atoms with E-state index in [4.69, 9.17) is 14.2 Å². The lowest BCUT2D eigenvalue weighted by molar-refractivity contribution is 0.234. The van der Waals surface area contributed by atoms with Crippen LogP contribution in [0.15, 0.2) is 12.1 Å². The molecule has 0 aliphatic carbocycles. The lowest BCUT2D eigenvalue weighted by atomic mass is 10.1. The predicted molar refractivity (Wildman–Crippen MR) is 197 cm³/mol. The van der Waals surface area contributed by atoms with Crippen LogP contribution in [0.4, 0.5) is 0 Å². The topological polar surface area (TPSA) is 27.7 Å². The highest BCUT2D eigenvalue weighted by molar-refractivity contribution is 5.50. The summed E-state index contributed by atoms with van der Waals surface area (Å²) in [5.74, 6) is 2.33. The Kier molecular flexibility index (Phi) is 31.4. The van der Waals surface area contributed by atoms with Gasteiger partial charge in [0.15, 0.2) is 11.5 Å². The van der Waals surface area contributed by atoms with Gasteiger partial charge >= 0.3 is 0 Å². The molecule has 0 bridgehead atoms. The summed E-state index contributed by atoms with van der Waals surface area (Å²) < 4.78 is 18.9. The zero-order valence-electron chi connectivity index (χ0n) is 30.7. The van der Waals surface area contributed by atoms with Gasteiger partial charge in [-0.25, -0.2) is 0 Å². The van der Waals surface area contributed by atoms with Gasteiger partial charge in [0.1, 0.15) is 0 Å². The van der Waals surface area contributed by atoms with Crippen LogP contribution in [0.1, 0.15) is 213 Å². The smallest absolute Gasteiger partial charge is 0.204 e. The normalized spacial score (nSPS) is 11.3. The maximum absolute atomic E-state index is 6.36. The van der Waals surface area contributed by atoms with Crippen molar-refractivity contribution < 1.29 is 14.2 Å². The van der Waals surface area contributed by atoms with Crippen LogP contribution in [0.5, 0.6) is 17.2 Å². The largest absolute Gasteiger partial charge is 0.490 e. The molecule has 1 aromatic rings. The average molecular weight is 630 g/mol. The Hall–Kier alpha value is -1.38. The van der Waals surface area contributed by atoms with Crippen LogP contribution in [0.3, 0.4) is 0 Å². The van der Waals surface area contributed by atoms with Gasteiger partial charge in [0.25, 0.3) is 0 Å². The first-order valence-corrected chi connectivity index (χ1v) is 20.3. The van der Waals surface area contributed by atoms with E-state index in [-0.39, 0.29) is 0 Å². The zero-order chi connectivity index (χ0) is 32.3. The molecule has 3 nitrogen and oxygen atoms in total. The summed E-state index contributed by atoms with van der Waals surface area (Å²) in [6.07, 6.45) is 40.0. The molecule has 0 aliphatic rings. The highest BCUT2D eigenvalue weighted by Gasteiger charge is 2.13. The van der Waals surface area contributed by atoms with Crippen molar-refractivity contribution in [2.24, 2.45) is 0 Å². The molecule has 0 fully saturated rings. The minimum atomic E-state index is 0.720. The zero-order valence-corrected chi connectivity index (χ0v) is 30.7. The molecule has 0 N–H and O–H groups in total. The van der Waals surface area contributed by atoms with Crippen molar-refractivity contribution in [3.63, 3.8) is 0 Å². The summed E-state index contributed by atoms with van der Waals surface area (Å²) in [6.45, 7) is 9.05. The second-order valence-corrected chi connectivity index (χ2v) is 13.6. The fourth-order valence-electron chi connectivity index (χ4n) is 6.10. The van der Waals surface area contributed by atoms with E-state index in [1.54, 1.807) is 0 Å². The van der Waals surface area contributed by atoms with E-state index in [2.05, 4.69) is 26.8 Å². The summed E-state index contributed by atoms with van der Waals surface area (Å²) >= 11 is 0. The van der Waals surface area contributed by atoms with E-state index < -0.39 is 0 Å². The van der Waals surface area contributed by atoms with Gasteiger partial charge in [-0.1, -0.05) is 194 Å². The van der Waals surface area contributed by atoms with E-state index in [0.717, 1.165) is 56.3 Å². The number of hydrogen-bond donors (Lipinski definition) is 0. The lowest BCUT2D eigenvalue weighted by Gasteiger charge is -2.17. The Labute approximate surface area is 282 Å². The monoisotopic (exact) mass is 630 g/mol. The van der Waals surface area contributed by atoms with Crippen LogP contribution in [-0.2, 0) is 0 Å². The Bertz CT molecular complexity index is 674. The third-order valence-corrected chi connectivity index (χ3v) is 9.12. The van der Waals surface area contributed by atoms with Crippen molar-refractivity contribution >= 4 is 0 Å². The Morgan fingerprint density at radius 3 is 1.07 bits per heavy atom. The van der Waals surface area contributed by atoms with Crippen molar-refractivity contribution in [1.82, 2.24) is 0 Å². The number of hydrogen-bond acceptors (Lipinski definition) is 3. The molecule has 0 amide bonds. The summed E-state index contributed by atoms with van der Waals surface area (Å²) in [6, 6.07) is 7.27. The number of unbranched alkanes of at least 4 members (excludes halogenated alkanes) is 27. The van der Waals surface area contributed by atoms with Gasteiger partial charge < -0.3 is 14.2 Å². The van der Waals surface area contributed by atoms with Crippen molar-refractivity contribution in [3.05, 3.63) is 18.2 Å². The predicted octanol–water partition coefficient (Wildman–Crippen LogP) is 14.4. The molecule has 0 aliphatic heterocycles. The first-order chi connectivity index (χ1) is 22.3. The minimum absolute atomic E-state index is 0.720. The van der Waals surface area contributed by atoms with Gasteiger partial charge in [-0.2, -0.15) is 0 Å². The molecule has 0 spiro atoms. The molecule has 1 rings (SSSR count). The molecule has 0 atom stereocenters.